The van der Waals surface area contributed by atoms with Gasteiger partial charge in [0, 0.05) is 18.6 Å². The van der Waals surface area contributed by atoms with Crippen molar-refractivity contribution in [1.82, 2.24) is 4.90 Å². The van der Waals surface area contributed by atoms with Crippen molar-refractivity contribution in [2.45, 2.75) is 44.4 Å². The van der Waals surface area contributed by atoms with Gasteiger partial charge in [0.1, 0.15) is 0 Å². The zero-order chi connectivity index (χ0) is 13.2. The Morgan fingerprint density at radius 3 is 3.05 bits per heavy atom. The Morgan fingerprint density at radius 1 is 1.32 bits per heavy atom. The number of aliphatic hydroxyl groups excluding tert-OH is 1. The highest BCUT2D eigenvalue weighted by atomic mass is 35.5. The molecule has 0 aromatic heterocycles. The molecule has 104 valence electrons. The van der Waals surface area contributed by atoms with Gasteiger partial charge >= 0.3 is 0 Å². The third kappa shape index (κ3) is 2.88. The SMILES string of the molecule is OCc1ccc(Cl)c(NC2CCN3CCCC3C2)c1. The van der Waals surface area contributed by atoms with E-state index in [-0.39, 0.29) is 6.61 Å². The summed E-state index contributed by atoms with van der Waals surface area (Å²) in [5, 5.41) is 13.5. The number of hydrogen-bond acceptors (Lipinski definition) is 3. The summed E-state index contributed by atoms with van der Waals surface area (Å²) in [6.45, 7) is 2.53. The fraction of sp³-hybridized carbons (Fsp3) is 0.600. The van der Waals surface area contributed by atoms with E-state index in [1.807, 2.05) is 18.2 Å². The molecule has 1 aromatic carbocycles. The molecule has 3 nitrogen and oxygen atoms in total. The summed E-state index contributed by atoms with van der Waals surface area (Å²) in [6, 6.07) is 6.95. The molecule has 4 heteroatoms. The summed E-state index contributed by atoms with van der Waals surface area (Å²) in [5.74, 6) is 0. The topological polar surface area (TPSA) is 35.5 Å². The van der Waals surface area contributed by atoms with Gasteiger partial charge < -0.3 is 15.3 Å². The highest BCUT2D eigenvalue weighted by Crippen LogP contribution is 2.30. The van der Waals surface area contributed by atoms with Crippen LogP contribution in [-0.2, 0) is 6.61 Å². The fourth-order valence-electron chi connectivity index (χ4n) is 3.36. The third-order valence-corrected chi connectivity index (χ3v) is 4.72. The number of nitrogens with zero attached hydrogens (tertiary/aromatic N) is 1. The lowest BCUT2D eigenvalue weighted by atomic mass is 9.97. The largest absolute Gasteiger partial charge is 0.392 e. The molecule has 0 bridgehead atoms. The maximum absolute atomic E-state index is 9.20. The summed E-state index contributed by atoms with van der Waals surface area (Å²) in [5.41, 5.74) is 1.87. The zero-order valence-electron chi connectivity index (χ0n) is 11.1. The van der Waals surface area contributed by atoms with Crippen LogP contribution in [0.1, 0.15) is 31.2 Å². The van der Waals surface area contributed by atoms with E-state index < -0.39 is 0 Å². The second kappa shape index (κ2) is 5.70. The highest BCUT2D eigenvalue weighted by Gasteiger charge is 2.31. The molecule has 0 saturated carbocycles. The van der Waals surface area contributed by atoms with Crippen LogP contribution < -0.4 is 5.32 Å². The van der Waals surface area contributed by atoms with Crippen LogP contribution in [0.15, 0.2) is 18.2 Å². The van der Waals surface area contributed by atoms with E-state index in [1.165, 1.54) is 38.8 Å². The molecule has 2 unspecified atom stereocenters. The maximum Gasteiger partial charge on any atom is 0.0682 e. The first kappa shape index (κ1) is 13.2. The molecular weight excluding hydrogens is 260 g/mol. The molecule has 19 heavy (non-hydrogen) atoms. The van der Waals surface area contributed by atoms with E-state index in [2.05, 4.69) is 10.2 Å². The predicted octanol–water partition coefficient (Wildman–Crippen LogP) is 2.87. The molecule has 0 spiro atoms. The number of anilines is 1. The van der Waals surface area contributed by atoms with Gasteiger partial charge in [0.2, 0.25) is 0 Å². The number of rotatable bonds is 3. The molecular formula is C15H21ClN2O. The van der Waals surface area contributed by atoms with Crippen LogP contribution >= 0.6 is 11.6 Å². The van der Waals surface area contributed by atoms with Gasteiger partial charge in [-0.05, 0) is 49.9 Å². The number of hydrogen-bond donors (Lipinski definition) is 2. The molecule has 0 aliphatic carbocycles. The highest BCUT2D eigenvalue weighted by molar-refractivity contribution is 6.33. The molecule has 3 rings (SSSR count). The van der Waals surface area contributed by atoms with Crippen molar-refractivity contribution in [2.24, 2.45) is 0 Å². The Bertz CT molecular complexity index is 452. The van der Waals surface area contributed by atoms with Crippen molar-refractivity contribution < 1.29 is 5.11 Å². The second-order valence-corrected chi connectivity index (χ2v) is 6.08. The van der Waals surface area contributed by atoms with Gasteiger partial charge in [-0.3, -0.25) is 0 Å². The van der Waals surface area contributed by atoms with Gasteiger partial charge in [-0.25, -0.2) is 0 Å². The molecule has 2 heterocycles. The molecule has 2 aliphatic rings. The van der Waals surface area contributed by atoms with E-state index in [0.29, 0.717) is 6.04 Å². The number of benzene rings is 1. The summed E-state index contributed by atoms with van der Waals surface area (Å²) >= 11 is 6.23. The monoisotopic (exact) mass is 280 g/mol. The Hall–Kier alpha value is -0.770. The van der Waals surface area contributed by atoms with Crippen molar-refractivity contribution in [2.75, 3.05) is 18.4 Å². The molecule has 0 radical (unpaired) electrons. The minimum Gasteiger partial charge on any atom is -0.392 e. The number of halogens is 1. The normalized spacial score (nSPS) is 27.3. The van der Waals surface area contributed by atoms with Crippen molar-refractivity contribution in [1.29, 1.82) is 0 Å². The van der Waals surface area contributed by atoms with Crippen LogP contribution in [0.25, 0.3) is 0 Å². The van der Waals surface area contributed by atoms with E-state index in [0.717, 1.165) is 22.3 Å². The van der Waals surface area contributed by atoms with Gasteiger partial charge in [-0.15, -0.1) is 0 Å². The molecule has 2 fully saturated rings. The lowest BCUT2D eigenvalue weighted by molar-refractivity contribution is 0.188. The van der Waals surface area contributed by atoms with Crippen LogP contribution in [0, 0.1) is 0 Å². The van der Waals surface area contributed by atoms with Crippen molar-refractivity contribution >= 4 is 17.3 Å². The summed E-state index contributed by atoms with van der Waals surface area (Å²) in [6.07, 6.45) is 5.07. The average molecular weight is 281 g/mol. The predicted molar refractivity (Wildman–Crippen MR) is 78.6 cm³/mol. The van der Waals surface area contributed by atoms with Gasteiger partial charge in [0.25, 0.3) is 0 Å². The van der Waals surface area contributed by atoms with Crippen molar-refractivity contribution in [3.8, 4) is 0 Å². The average Bonchev–Trinajstić information content (AvgIpc) is 2.89. The van der Waals surface area contributed by atoms with Crippen LogP contribution in [-0.4, -0.2) is 35.2 Å². The zero-order valence-corrected chi connectivity index (χ0v) is 11.9. The van der Waals surface area contributed by atoms with Gasteiger partial charge in [0.05, 0.1) is 17.3 Å². The molecule has 2 saturated heterocycles. The molecule has 0 amide bonds. The van der Waals surface area contributed by atoms with Crippen molar-refractivity contribution in [3.05, 3.63) is 28.8 Å². The second-order valence-electron chi connectivity index (χ2n) is 5.67. The number of aliphatic hydroxyl groups is 1. The summed E-state index contributed by atoms with van der Waals surface area (Å²) in [7, 11) is 0. The standard InChI is InChI=1S/C15H21ClN2O/c16-14-4-3-11(10-19)8-15(14)17-12-5-7-18-6-1-2-13(18)9-12/h3-4,8,12-13,17,19H,1-2,5-7,9-10H2. The lowest BCUT2D eigenvalue weighted by Gasteiger charge is -2.35. The Morgan fingerprint density at radius 2 is 2.21 bits per heavy atom. The molecule has 2 atom stereocenters. The Kier molecular flexibility index (Phi) is 3.96. The van der Waals surface area contributed by atoms with E-state index >= 15 is 0 Å². The number of nitrogens with one attached hydrogen (secondary N) is 1. The number of piperidine rings is 1. The fourth-order valence-corrected chi connectivity index (χ4v) is 3.53. The minimum atomic E-state index is 0.0624. The maximum atomic E-state index is 9.20. The Labute approximate surface area is 119 Å². The minimum absolute atomic E-state index is 0.0624. The van der Waals surface area contributed by atoms with Crippen LogP contribution in [0.4, 0.5) is 5.69 Å². The van der Waals surface area contributed by atoms with Gasteiger partial charge in [0.15, 0.2) is 0 Å². The lowest BCUT2D eigenvalue weighted by Crippen LogP contribution is -2.42. The molecule has 2 N–H and O–H groups in total. The van der Waals surface area contributed by atoms with Crippen LogP contribution in [0.2, 0.25) is 5.02 Å². The first-order valence-corrected chi connectivity index (χ1v) is 7.54. The van der Waals surface area contributed by atoms with E-state index in [9.17, 15) is 5.11 Å². The van der Waals surface area contributed by atoms with Crippen LogP contribution in [0.3, 0.4) is 0 Å². The first-order chi connectivity index (χ1) is 9.26. The van der Waals surface area contributed by atoms with E-state index in [4.69, 9.17) is 11.6 Å². The molecule has 1 aromatic rings. The first-order valence-electron chi connectivity index (χ1n) is 7.16. The molecule has 2 aliphatic heterocycles. The smallest absolute Gasteiger partial charge is 0.0682 e. The van der Waals surface area contributed by atoms with Crippen LogP contribution in [0.5, 0.6) is 0 Å². The van der Waals surface area contributed by atoms with Gasteiger partial charge in [-0.1, -0.05) is 17.7 Å². The third-order valence-electron chi connectivity index (χ3n) is 4.39. The van der Waals surface area contributed by atoms with E-state index in [1.54, 1.807) is 0 Å². The quantitative estimate of drug-likeness (QED) is 0.894. The van der Waals surface area contributed by atoms with Crippen molar-refractivity contribution in [3.63, 3.8) is 0 Å². The Balaban J connectivity index is 1.68. The summed E-state index contributed by atoms with van der Waals surface area (Å²) < 4.78 is 0. The number of fused-ring (bicyclic) bond motifs is 1. The van der Waals surface area contributed by atoms with Gasteiger partial charge in [-0.2, -0.15) is 0 Å². The summed E-state index contributed by atoms with van der Waals surface area (Å²) in [4.78, 5) is 2.62.